The van der Waals surface area contributed by atoms with Gasteiger partial charge in [-0.1, -0.05) is 19.3 Å². The van der Waals surface area contributed by atoms with Crippen molar-refractivity contribution in [1.29, 1.82) is 0 Å². The van der Waals surface area contributed by atoms with Crippen molar-refractivity contribution in [3.63, 3.8) is 0 Å². The van der Waals surface area contributed by atoms with Crippen molar-refractivity contribution >= 4 is 11.7 Å². The summed E-state index contributed by atoms with van der Waals surface area (Å²) in [4.78, 5) is 12.0. The minimum absolute atomic E-state index is 0.276. The summed E-state index contributed by atoms with van der Waals surface area (Å²) < 4.78 is 5.36. The van der Waals surface area contributed by atoms with Gasteiger partial charge in [-0.15, -0.1) is 10.2 Å². The Labute approximate surface area is 140 Å². The second kappa shape index (κ2) is 7.00. The molecule has 0 atom stereocenters. The first-order valence-electron chi connectivity index (χ1n) is 8.22. The van der Waals surface area contributed by atoms with Crippen LogP contribution in [0.3, 0.4) is 0 Å². The molecule has 24 heavy (non-hydrogen) atoms. The number of hydrogen-bond donors (Lipinski definition) is 3. The Hall–Kier alpha value is -2.41. The van der Waals surface area contributed by atoms with Crippen LogP contribution in [0.1, 0.15) is 38.0 Å². The minimum Gasteiger partial charge on any atom is -0.421 e. The molecule has 7 heteroatoms. The zero-order valence-corrected chi connectivity index (χ0v) is 13.7. The maximum Gasteiger partial charge on any atom is 0.319 e. The van der Waals surface area contributed by atoms with Crippen molar-refractivity contribution in [3.05, 3.63) is 30.2 Å². The third kappa shape index (κ3) is 4.11. The average Bonchev–Trinajstić information content (AvgIpc) is 3.01. The molecule has 0 saturated heterocycles. The SMILES string of the molecule is Cc1nnc(-c2ccc(NC(=O)NCC3(O)CCCCC3)cc2)o1. The smallest absolute Gasteiger partial charge is 0.319 e. The van der Waals surface area contributed by atoms with Gasteiger partial charge in [-0.25, -0.2) is 4.79 Å². The lowest BCUT2D eigenvalue weighted by Crippen LogP contribution is -2.45. The molecular weight excluding hydrogens is 308 g/mol. The molecular formula is C17H22N4O3. The van der Waals surface area contributed by atoms with Crippen LogP contribution in [-0.4, -0.2) is 33.5 Å². The van der Waals surface area contributed by atoms with E-state index in [0.29, 0.717) is 17.5 Å². The highest BCUT2D eigenvalue weighted by molar-refractivity contribution is 5.89. The van der Waals surface area contributed by atoms with E-state index < -0.39 is 5.60 Å². The molecule has 7 nitrogen and oxygen atoms in total. The summed E-state index contributed by atoms with van der Waals surface area (Å²) in [5.74, 6) is 0.954. The van der Waals surface area contributed by atoms with Gasteiger partial charge in [0.1, 0.15) is 0 Å². The number of benzene rings is 1. The normalized spacial score (nSPS) is 16.6. The number of carbonyl (C=O) groups is 1. The third-order valence-corrected chi connectivity index (χ3v) is 4.28. The summed E-state index contributed by atoms with van der Waals surface area (Å²) in [5.41, 5.74) is 0.677. The van der Waals surface area contributed by atoms with E-state index in [-0.39, 0.29) is 12.6 Å². The second-order valence-electron chi connectivity index (χ2n) is 6.30. The van der Waals surface area contributed by atoms with Crippen LogP contribution in [0.5, 0.6) is 0 Å². The van der Waals surface area contributed by atoms with Gasteiger partial charge in [-0.3, -0.25) is 0 Å². The van der Waals surface area contributed by atoms with E-state index in [1.807, 2.05) is 0 Å². The van der Waals surface area contributed by atoms with Crippen molar-refractivity contribution < 1.29 is 14.3 Å². The second-order valence-corrected chi connectivity index (χ2v) is 6.30. The van der Waals surface area contributed by atoms with Gasteiger partial charge < -0.3 is 20.2 Å². The van der Waals surface area contributed by atoms with Gasteiger partial charge >= 0.3 is 6.03 Å². The first-order valence-corrected chi connectivity index (χ1v) is 8.22. The Kier molecular flexibility index (Phi) is 4.80. The first kappa shape index (κ1) is 16.4. The molecule has 1 fully saturated rings. The topological polar surface area (TPSA) is 100 Å². The number of carbonyl (C=O) groups excluding carboxylic acids is 1. The lowest BCUT2D eigenvalue weighted by atomic mass is 9.85. The molecule has 1 aromatic heterocycles. The molecule has 2 aromatic rings. The number of urea groups is 1. The monoisotopic (exact) mass is 330 g/mol. The average molecular weight is 330 g/mol. The van der Waals surface area contributed by atoms with Crippen molar-refractivity contribution in [1.82, 2.24) is 15.5 Å². The standard InChI is InChI=1S/C17H22N4O3/c1-12-20-21-15(24-12)13-5-7-14(8-6-13)19-16(22)18-11-17(23)9-3-2-4-10-17/h5-8,23H,2-4,9-11H2,1H3,(H2,18,19,22). The first-order chi connectivity index (χ1) is 11.5. The van der Waals surface area contributed by atoms with E-state index in [9.17, 15) is 9.90 Å². The number of anilines is 1. The summed E-state index contributed by atoms with van der Waals surface area (Å²) in [7, 11) is 0. The van der Waals surface area contributed by atoms with E-state index >= 15 is 0 Å². The largest absolute Gasteiger partial charge is 0.421 e. The van der Waals surface area contributed by atoms with Gasteiger partial charge in [-0.2, -0.15) is 0 Å². The van der Waals surface area contributed by atoms with Crippen molar-refractivity contribution in [2.45, 2.75) is 44.6 Å². The Morgan fingerprint density at radius 3 is 2.54 bits per heavy atom. The van der Waals surface area contributed by atoms with Gasteiger partial charge in [0, 0.05) is 24.7 Å². The summed E-state index contributed by atoms with van der Waals surface area (Å²) in [6.07, 6.45) is 4.66. The highest BCUT2D eigenvalue weighted by atomic mass is 16.4. The zero-order chi connectivity index (χ0) is 17.0. The van der Waals surface area contributed by atoms with Gasteiger partial charge in [-0.05, 0) is 37.1 Å². The number of hydrogen-bond acceptors (Lipinski definition) is 5. The van der Waals surface area contributed by atoms with Crippen LogP contribution in [-0.2, 0) is 0 Å². The van der Waals surface area contributed by atoms with E-state index in [0.717, 1.165) is 37.7 Å². The van der Waals surface area contributed by atoms with Gasteiger partial charge in [0.15, 0.2) is 0 Å². The Morgan fingerprint density at radius 1 is 1.21 bits per heavy atom. The van der Waals surface area contributed by atoms with Crippen LogP contribution < -0.4 is 10.6 Å². The van der Waals surface area contributed by atoms with Crippen molar-refractivity contribution in [2.24, 2.45) is 0 Å². The Morgan fingerprint density at radius 2 is 1.92 bits per heavy atom. The van der Waals surface area contributed by atoms with E-state index in [1.165, 1.54) is 0 Å². The molecule has 0 unspecified atom stereocenters. The molecule has 1 heterocycles. The zero-order valence-electron chi connectivity index (χ0n) is 13.7. The fourth-order valence-electron chi connectivity index (χ4n) is 2.92. The third-order valence-electron chi connectivity index (χ3n) is 4.28. The lowest BCUT2D eigenvalue weighted by Gasteiger charge is -2.32. The van der Waals surface area contributed by atoms with Crippen molar-refractivity contribution in [3.8, 4) is 11.5 Å². The summed E-state index contributed by atoms with van der Waals surface area (Å²) in [5, 5.41) is 23.6. The van der Waals surface area contributed by atoms with Crippen molar-refractivity contribution in [2.75, 3.05) is 11.9 Å². The fourth-order valence-corrected chi connectivity index (χ4v) is 2.92. The molecule has 0 radical (unpaired) electrons. The number of amides is 2. The number of nitrogens with zero attached hydrogens (tertiary/aromatic N) is 2. The van der Waals surface area contributed by atoms with Crippen LogP contribution in [0, 0.1) is 6.92 Å². The molecule has 1 saturated carbocycles. The predicted octanol–water partition coefficient (Wildman–Crippen LogP) is 2.86. The summed E-state index contributed by atoms with van der Waals surface area (Å²) in [6.45, 7) is 2.01. The maximum atomic E-state index is 12.0. The van der Waals surface area contributed by atoms with E-state index in [1.54, 1.807) is 31.2 Å². The Bertz CT molecular complexity index is 690. The number of nitrogens with one attached hydrogen (secondary N) is 2. The number of rotatable bonds is 4. The van der Waals surface area contributed by atoms with Gasteiger partial charge in [0.25, 0.3) is 0 Å². The molecule has 2 amide bonds. The van der Waals surface area contributed by atoms with E-state index in [4.69, 9.17) is 4.42 Å². The van der Waals surface area contributed by atoms with Crippen LogP contribution in [0.25, 0.3) is 11.5 Å². The molecule has 1 aliphatic rings. The highest BCUT2D eigenvalue weighted by Gasteiger charge is 2.29. The maximum absolute atomic E-state index is 12.0. The quantitative estimate of drug-likeness (QED) is 0.800. The Balaban J connectivity index is 1.53. The van der Waals surface area contributed by atoms with Gasteiger partial charge in [0.05, 0.1) is 5.60 Å². The molecule has 128 valence electrons. The highest BCUT2D eigenvalue weighted by Crippen LogP contribution is 2.27. The fraction of sp³-hybridized carbons (Fsp3) is 0.471. The number of aromatic nitrogens is 2. The molecule has 1 aromatic carbocycles. The molecule has 0 aliphatic heterocycles. The minimum atomic E-state index is -0.769. The number of aryl methyl sites for hydroxylation is 1. The van der Waals surface area contributed by atoms with Gasteiger partial charge in [0.2, 0.25) is 11.8 Å². The molecule has 3 rings (SSSR count). The molecule has 0 bridgehead atoms. The van der Waals surface area contributed by atoms with Crippen LogP contribution in [0.4, 0.5) is 10.5 Å². The summed E-state index contributed by atoms with van der Waals surface area (Å²) in [6, 6.07) is 6.82. The molecule has 0 spiro atoms. The predicted molar refractivity (Wildman–Crippen MR) is 89.5 cm³/mol. The van der Waals surface area contributed by atoms with Crippen LogP contribution in [0.2, 0.25) is 0 Å². The van der Waals surface area contributed by atoms with E-state index in [2.05, 4.69) is 20.8 Å². The number of aliphatic hydroxyl groups is 1. The summed E-state index contributed by atoms with van der Waals surface area (Å²) >= 11 is 0. The molecule has 3 N–H and O–H groups in total. The van der Waals surface area contributed by atoms with Crippen LogP contribution in [0.15, 0.2) is 28.7 Å². The molecule has 1 aliphatic carbocycles. The van der Waals surface area contributed by atoms with Crippen LogP contribution >= 0.6 is 0 Å². The lowest BCUT2D eigenvalue weighted by molar-refractivity contribution is 0.00755.